The summed E-state index contributed by atoms with van der Waals surface area (Å²) in [5.41, 5.74) is 3.16. The maximum Gasteiger partial charge on any atom is 0.164 e. The Morgan fingerprint density at radius 3 is 2.84 bits per heavy atom. The van der Waals surface area contributed by atoms with Gasteiger partial charge in [-0.05, 0) is 37.1 Å². The monoisotopic (exact) mass is 270 g/mol. The van der Waals surface area contributed by atoms with Crippen molar-refractivity contribution in [3.8, 4) is 11.8 Å². The first-order valence-corrected chi connectivity index (χ1v) is 6.52. The van der Waals surface area contributed by atoms with Crippen molar-refractivity contribution in [3.05, 3.63) is 52.3 Å². The normalized spacial score (nSPS) is 14.0. The smallest absolute Gasteiger partial charge is 0.164 e. The molecule has 94 valence electrons. The zero-order valence-electron chi connectivity index (χ0n) is 10.2. The van der Waals surface area contributed by atoms with Gasteiger partial charge >= 0.3 is 0 Å². The van der Waals surface area contributed by atoms with Gasteiger partial charge in [0.2, 0.25) is 0 Å². The Bertz CT molecular complexity index is 709. The van der Waals surface area contributed by atoms with Crippen LogP contribution in [0, 0.1) is 11.3 Å². The lowest BCUT2D eigenvalue weighted by molar-refractivity contribution is 0.0972. The summed E-state index contributed by atoms with van der Waals surface area (Å²) in [5.74, 6) is 0.199. The first-order valence-electron chi connectivity index (χ1n) is 6.14. The number of carbonyl (C=O) groups is 1. The number of Topliss-reactive ketones (excluding diaryl/α,β-unsaturated/α-hetero) is 1. The van der Waals surface area contributed by atoms with Crippen LogP contribution in [0.5, 0.6) is 0 Å². The lowest BCUT2D eigenvalue weighted by Crippen LogP contribution is -2.12. The summed E-state index contributed by atoms with van der Waals surface area (Å²) in [6.07, 6.45) is 4.26. The van der Waals surface area contributed by atoms with Gasteiger partial charge in [0.05, 0.1) is 22.3 Å². The Kier molecular flexibility index (Phi) is 2.88. The number of hydrogen-bond acceptors (Lipinski definition) is 2. The SMILES string of the molecule is N#Cc1ccc(-n2ccc3c2CCCC3=O)c(Cl)c1. The van der Waals surface area contributed by atoms with Gasteiger partial charge in [-0.1, -0.05) is 11.6 Å². The van der Waals surface area contributed by atoms with Gasteiger partial charge in [-0.3, -0.25) is 4.79 Å². The summed E-state index contributed by atoms with van der Waals surface area (Å²) in [4.78, 5) is 11.8. The van der Waals surface area contributed by atoms with Gasteiger partial charge in [-0.2, -0.15) is 5.26 Å². The second kappa shape index (κ2) is 4.56. The number of hydrogen-bond donors (Lipinski definition) is 0. The molecule has 1 heterocycles. The van der Waals surface area contributed by atoms with E-state index in [1.54, 1.807) is 12.1 Å². The highest BCUT2D eigenvalue weighted by Crippen LogP contribution is 2.29. The molecule has 3 nitrogen and oxygen atoms in total. The van der Waals surface area contributed by atoms with Crippen molar-refractivity contribution < 1.29 is 4.79 Å². The predicted octanol–water partition coefficient (Wildman–Crippen LogP) is 3.52. The van der Waals surface area contributed by atoms with Gasteiger partial charge in [-0.25, -0.2) is 0 Å². The molecular weight excluding hydrogens is 260 g/mol. The molecule has 0 N–H and O–H groups in total. The molecule has 1 aromatic carbocycles. The fourth-order valence-corrected chi connectivity index (χ4v) is 2.79. The van der Waals surface area contributed by atoms with E-state index in [2.05, 4.69) is 6.07 Å². The number of nitriles is 1. The van der Waals surface area contributed by atoms with Crippen LogP contribution in [-0.2, 0) is 6.42 Å². The highest BCUT2D eigenvalue weighted by Gasteiger charge is 2.21. The highest BCUT2D eigenvalue weighted by molar-refractivity contribution is 6.32. The van der Waals surface area contributed by atoms with Crippen LogP contribution in [0.1, 0.15) is 34.5 Å². The van der Waals surface area contributed by atoms with E-state index in [9.17, 15) is 4.79 Å². The van der Waals surface area contributed by atoms with Gasteiger partial charge in [0.15, 0.2) is 5.78 Å². The number of aromatic nitrogens is 1. The van der Waals surface area contributed by atoms with Gasteiger partial charge in [0, 0.05) is 23.9 Å². The average Bonchev–Trinajstić information content (AvgIpc) is 2.84. The van der Waals surface area contributed by atoms with Crippen molar-refractivity contribution in [2.45, 2.75) is 19.3 Å². The maximum atomic E-state index is 11.8. The van der Waals surface area contributed by atoms with Gasteiger partial charge in [0.25, 0.3) is 0 Å². The summed E-state index contributed by atoms with van der Waals surface area (Å²) in [6.45, 7) is 0. The molecule has 1 aromatic heterocycles. The Labute approximate surface area is 116 Å². The molecule has 4 heteroatoms. The highest BCUT2D eigenvalue weighted by atomic mass is 35.5. The molecule has 0 atom stereocenters. The fraction of sp³-hybridized carbons (Fsp3) is 0.200. The lowest BCUT2D eigenvalue weighted by Gasteiger charge is -2.16. The Morgan fingerprint density at radius 2 is 2.11 bits per heavy atom. The van der Waals surface area contributed by atoms with E-state index in [4.69, 9.17) is 16.9 Å². The van der Waals surface area contributed by atoms with Crippen LogP contribution in [-0.4, -0.2) is 10.4 Å². The third-order valence-corrected chi connectivity index (χ3v) is 3.75. The minimum Gasteiger partial charge on any atom is -0.319 e. The first-order chi connectivity index (χ1) is 9.20. The third-order valence-electron chi connectivity index (χ3n) is 3.45. The number of rotatable bonds is 1. The Balaban J connectivity index is 2.14. The van der Waals surface area contributed by atoms with E-state index in [-0.39, 0.29) is 5.78 Å². The van der Waals surface area contributed by atoms with E-state index in [0.717, 1.165) is 29.8 Å². The van der Waals surface area contributed by atoms with Gasteiger partial charge < -0.3 is 4.57 Å². The second-order valence-electron chi connectivity index (χ2n) is 4.60. The van der Waals surface area contributed by atoms with Crippen molar-refractivity contribution in [3.63, 3.8) is 0 Å². The van der Waals surface area contributed by atoms with Crippen molar-refractivity contribution >= 4 is 17.4 Å². The number of fused-ring (bicyclic) bond motifs is 1. The molecule has 0 amide bonds. The van der Waals surface area contributed by atoms with Crippen LogP contribution in [0.25, 0.3) is 5.69 Å². The summed E-state index contributed by atoms with van der Waals surface area (Å²) in [5, 5.41) is 9.37. The third kappa shape index (κ3) is 1.94. The topological polar surface area (TPSA) is 45.8 Å². The van der Waals surface area contributed by atoms with Crippen LogP contribution >= 0.6 is 11.6 Å². The van der Waals surface area contributed by atoms with Crippen molar-refractivity contribution in [1.82, 2.24) is 4.57 Å². The quantitative estimate of drug-likeness (QED) is 0.796. The molecule has 0 radical (unpaired) electrons. The minimum atomic E-state index is 0.199. The van der Waals surface area contributed by atoms with Crippen LogP contribution in [0.15, 0.2) is 30.5 Å². The summed E-state index contributed by atoms with van der Waals surface area (Å²) < 4.78 is 1.95. The van der Waals surface area contributed by atoms with Crippen LogP contribution < -0.4 is 0 Å². The van der Waals surface area contributed by atoms with E-state index in [1.165, 1.54) is 0 Å². The molecule has 19 heavy (non-hydrogen) atoms. The minimum absolute atomic E-state index is 0.199. The fourth-order valence-electron chi connectivity index (χ4n) is 2.52. The zero-order valence-corrected chi connectivity index (χ0v) is 10.9. The number of nitrogens with zero attached hydrogens (tertiary/aromatic N) is 2. The molecule has 0 saturated heterocycles. The lowest BCUT2D eigenvalue weighted by atomic mass is 9.97. The molecule has 0 spiro atoms. The van der Waals surface area contributed by atoms with E-state index in [1.807, 2.05) is 22.9 Å². The largest absolute Gasteiger partial charge is 0.319 e. The summed E-state index contributed by atoms with van der Waals surface area (Å²) in [7, 11) is 0. The molecule has 1 aliphatic carbocycles. The molecule has 0 saturated carbocycles. The van der Waals surface area contributed by atoms with Gasteiger partial charge in [-0.15, -0.1) is 0 Å². The standard InChI is InChI=1S/C15H11ClN2O/c16-12-8-10(9-17)4-5-14(12)18-7-6-11-13(18)2-1-3-15(11)19/h4-8H,1-3H2. The maximum absolute atomic E-state index is 11.8. The number of ketones is 1. The molecule has 3 rings (SSSR count). The number of benzene rings is 1. The predicted molar refractivity (Wildman–Crippen MR) is 72.8 cm³/mol. The Morgan fingerprint density at radius 1 is 1.26 bits per heavy atom. The van der Waals surface area contributed by atoms with Crippen molar-refractivity contribution in [1.29, 1.82) is 5.26 Å². The molecule has 0 unspecified atom stereocenters. The van der Waals surface area contributed by atoms with Crippen molar-refractivity contribution in [2.75, 3.05) is 0 Å². The Hall–Kier alpha value is -2.05. The molecule has 2 aromatic rings. The van der Waals surface area contributed by atoms with Crippen LogP contribution in [0.3, 0.4) is 0 Å². The summed E-state index contributed by atoms with van der Waals surface area (Å²) >= 11 is 6.22. The summed E-state index contributed by atoms with van der Waals surface area (Å²) in [6, 6.07) is 9.12. The van der Waals surface area contributed by atoms with Crippen molar-refractivity contribution in [2.24, 2.45) is 0 Å². The van der Waals surface area contributed by atoms with E-state index in [0.29, 0.717) is 17.0 Å². The molecule has 0 bridgehead atoms. The zero-order chi connectivity index (χ0) is 13.4. The first kappa shape index (κ1) is 12.0. The number of carbonyl (C=O) groups excluding carboxylic acids is 1. The second-order valence-corrected chi connectivity index (χ2v) is 5.01. The molecule has 1 aliphatic rings. The molecular formula is C15H11ClN2O. The molecule has 0 fully saturated rings. The van der Waals surface area contributed by atoms with E-state index >= 15 is 0 Å². The van der Waals surface area contributed by atoms with Crippen LogP contribution in [0.2, 0.25) is 5.02 Å². The average molecular weight is 271 g/mol. The van der Waals surface area contributed by atoms with E-state index < -0.39 is 0 Å². The number of halogens is 1. The molecule has 0 aliphatic heterocycles. The van der Waals surface area contributed by atoms with Gasteiger partial charge in [0.1, 0.15) is 0 Å². The van der Waals surface area contributed by atoms with Crippen LogP contribution in [0.4, 0.5) is 0 Å².